The molecule has 1 unspecified atom stereocenters. The predicted molar refractivity (Wildman–Crippen MR) is 109 cm³/mol. The van der Waals surface area contributed by atoms with E-state index in [1.54, 1.807) is 18.3 Å². The minimum Gasteiger partial charge on any atom is -0.445 e. The van der Waals surface area contributed by atoms with Gasteiger partial charge in [0.25, 0.3) is 0 Å². The highest BCUT2D eigenvalue weighted by Crippen LogP contribution is 2.30. The van der Waals surface area contributed by atoms with Crippen LogP contribution in [0.2, 0.25) is 0 Å². The van der Waals surface area contributed by atoms with Crippen molar-refractivity contribution >= 4 is 16.7 Å². The highest BCUT2D eigenvalue weighted by atomic mass is 32.2. The maximum Gasteiger partial charge on any atom is 0.225 e. The van der Waals surface area contributed by atoms with Crippen molar-refractivity contribution in [2.45, 2.75) is 11.8 Å². The average Bonchev–Trinajstić information content (AvgIpc) is 3.24. The Balaban J connectivity index is 1.59. The topological polar surface area (TPSA) is 55.1 Å². The summed E-state index contributed by atoms with van der Waals surface area (Å²) >= 11 is 0. The molecule has 0 bridgehead atoms. The van der Waals surface area contributed by atoms with E-state index in [1.807, 2.05) is 37.3 Å². The zero-order chi connectivity index (χ0) is 20.4. The van der Waals surface area contributed by atoms with Gasteiger partial charge >= 0.3 is 0 Å². The van der Waals surface area contributed by atoms with Crippen molar-refractivity contribution in [2.75, 3.05) is 4.72 Å². The van der Waals surface area contributed by atoms with Crippen molar-refractivity contribution in [2.24, 2.45) is 0 Å². The number of aryl methyl sites for hydroxylation is 1. The molecule has 0 aliphatic heterocycles. The fourth-order valence-corrected chi connectivity index (χ4v) is 3.91. The summed E-state index contributed by atoms with van der Waals surface area (Å²) in [6, 6.07) is 16.4. The number of nitrogens with zero attached hydrogens (tertiary/aromatic N) is 1. The zero-order valence-electron chi connectivity index (χ0n) is 15.4. The van der Waals surface area contributed by atoms with Crippen molar-refractivity contribution < 1.29 is 17.4 Å². The summed E-state index contributed by atoms with van der Waals surface area (Å²) in [5, 5.41) is 0. The van der Waals surface area contributed by atoms with Crippen LogP contribution in [0.4, 0.5) is 14.5 Å². The molecule has 0 saturated carbocycles. The lowest BCUT2D eigenvalue weighted by Crippen LogP contribution is -2.08. The molecule has 0 radical (unpaired) electrons. The number of hydrogen-bond acceptors (Lipinski definition) is 3. The van der Waals surface area contributed by atoms with Gasteiger partial charge in [0, 0.05) is 11.3 Å². The molecule has 3 aromatic carbocycles. The molecule has 7 heteroatoms. The lowest BCUT2D eigenvalue weighted by Gasteiger charge is -2.11. The van der Waals surface area contributed by atoms with E-state index in [9.17, 15) is 13.0 Å². The Morgan fingerprint density at radius 1 is 0.966 bits per heavy atom. The normalized spacial score (nSPS) is 12.0. The molecule has 1 aromatic heterocycles. The second kappa shape index (κ2) is 7.97. The fourth-order valence-electron chi connectivity index (χ4n) is 2.97. The van der Waals surface area contributed by atoms with Gasteiger partial charge in [-0.1, -0.05) is 24.3 Å². The largest absolute Gasteiger partial charge is 0.445 e. The third-order valence-electron chi connectivity index (χ3n) is 4.43. The van der Waals surface area contributed by atoms with E-state index in [0.717, 1.165) is 34.4 Å². The molecule has 0 aliphatic carbocycles. The van der Waals surface area contributed by atoms with Gasteiger partial charge in [-0.15, -0.1) is 0 Å². The summed E-state index contributed by atoms with van der Waals surface area (Å²) in [5.41, 5.74) is 4.33. The van der Waals surface area contributed by atoms with Crippen LogP contribution in [0.5, 0.6) is 0 Å². The number of halogens is 2. The molecule has 4 nitrogen and oxygen atoms in total. The van der Waals surface area contributed by atoms with Crippen LogP contribution >= 0.6 is 0 Å². The lowest BCUT2D eigenvalue weighted by molar-refractivity contribution is 0.535. The molecule has 29 heavy (non-hydrogen) atoms. The van der Waals surface area contributed by atoms with Crippen LogP contribution < -0.4 is 4.72 Å². The van der Waals surface area contributed by atoms with Crippen LogP contribution in [0.15, 0.2) is 82.4 Å². The van der Waals surface area contributed by atoms with Gasteiger partial charge in [0.2, 0.25) is 5.89 Å². The number of benzene rings is 3. The van der Waals surface area contributed by atoms with Gasteiger partial charge in [-0.2, -0.15) is 0 Å². The first-order valence-corrected chi connectivity index (χ1v) is 9.91. The van der Waals surface area contributed by atoms with Gasteiger partial charge < -0.3 is 9.14 Å². The van der Waals surface area contributed by atoms with E-state index < -0.39 is 27.5 Å². The zero-order valence-corrected chi connectivity index (χ0v) is 16.2. The minimum absolute atomic E-state index is 0.483. The van der Waals surface area contributed by atoms with Gasteiger partial charge in [-0.05, 0) is 60.0 Å². The number of aromatic nitrogens is 1. The first-order chi connectivity index (χ1) is 14.0. The van der Waals surface area contributed by atoms with Crippen LogP contribution in [-0.4, -0.2) is 9.19 Å². The molecule has 146 valence electrons. The van der Waals surface area contributed by atoms with Crippen LogP contribution in [-0.2, 0) is 11.0 Å². The molecule has 4 rings (SSSR count). The van der Waals surface area contributed by atoms with E-state index >= 15 is 0 Å². The molecule has 1 N–H and O–H groups in total. The van der Waals surface area contributed by atoms with Crippen molar-refractivity contribution in [1.29, 1.82) is 0 Å². The van der Waals surface area contributed by atoms with Crippen LogP contribution in [0.25, 0.3) is 22.6 Å². The van der Waals surface area contributed by atoms with Crippen LogP contribution in [0.1, 0.15) is 5.56 Å². The van der Waals surface area contributed by atoms with Gasteiger partial charge in [0.15, 0.2) is 11.0 Å². The standard InChI is InChI=1S/C22H16F2N2O2S/c1-14-5-6-16(22-25-11-12-28-22)13-18(14)15-7-9-17(10-8-15)26-29(27)21-19(23)3-2-4-20(21)24/h2-13,26H,1H3. The molecular formula is C22H16F2N2O2S. The Bertz CT molecular complexity index is 1160. The SMILES string of the molecule is Cc1ccc(-c2ncco2)cc1-c1ccc(NS(=O)c2c(F)cccc2F)cc1. The van der Waals surface area contributed by atoms with Gasteiger partial charge in [0.1, 0.15) is 22.8 Å². The maximum absolute atomic E-state index is 13.8. The van der Waals surface area contributed by atoms with Crippen molar-refractivity contribution in [3.05, 3.63) is 90.3 Å². The first kappa shape index (κ1) is 19.0. The quantitative estimate of drug-likeness (QED) is 0.457. The Hall–Kier alpha value is -3.32. The minimum atomic E-state index is -2.06. The van der Waals surface area contributed by atoms with E-state index in [0.29, 0.717) is 11.6 Å². The molecular weight excluding hydrogens is 394 g/mol. The third kappa shape index (κ3) is 3.95. The summed E-state index contributed by atoms with van der Waals surface area (Å²) in [6.07, 6.45) is 3.11. The van der Waals surface area contributed by atoms with E-state index in [2.05, 4.69) is 9.71 Å². The van der Waals surface area contributed by atoms with Crippen molar-refractivity contribution in [3.8, 4) is 22.6 Å². The van der Waals surface area contributed by atoms with Crippen LogP contribution in [0.3, 0.4) is 0 Å². The summed E-state index contributed by atoms with van der Waals surface area (Å²) in [5.74, 6) is -1.18. The summed E-state index contributed by atoms with van der Waals surface area (Å²) in [7, 11) is -2.06. The smallest absolute Gasteiger partial charge is 0.225 e. The number of oxazole rings is 1. The molecule has 1 heterocycles. The Kier molecular flexibility index (Phi) is 5.22. The number of rotatable bonds is 5. The van der Waals surface area contributed by atoms with Gasteiger partial charge in [0.05, 0.1) is 6.20 Å². The Morgan fingerprint density at radius 2 is 1.66 bits per heavy atom. The number of anilines is 1. The third-order valence-corrected chi connectivity index (χ3v) is 5.61. The summed E-state index contributed by atoms with van der Waals surface area (Å²) in [4.78, 5) is 3.67. The molecule has 0 spiro atoms. The molecule has 1 atom stereocenters. The van der Waals surface area contributed by atoms with Crippen molar-refractivity contribution in [1.82, 2.24) is 4.98 Å². The number of nitrogens with one attached hydrogen (secondary N) is 1. The summed E-state index contributed by atoms with van der Waals surface area (Å²) < 4.78 is 47.9. The Morgan fingerprint density at radius 3 is 2.31 bits per heavy atom. The van der Waals surface area contributed by atoms with Gasteiger partial charge in [-0.25, -0.2) is 18.0 Å². The molecule has 4 aromatic rings. The number of hydrogen-bond donors (Lipinski definition) is 1. The van der Waals surface area contributed by atoms with E-state index in [4.69, 9.17) is 4.42 Å². The molecule has 0 saturated heterocycles. The molecule has 0 aliphatic rings. The van der Waals surface area contributed by atoms with Crippen LogP contribution in [0, 0.1) is 18.6 Å². The monoisotopic (exact) mass is 410 g/mol. The molecule has 0 fully saturated rings. The van der Waals surface area contributed by atoms with E-state index in [-0.39, 0.29) is 0 Å². The average molecular weight is 410 g/mol. The highest BCUT2D eigenvalue weighted by molar-refractivity contribution is 7.86. The second-order valence-corrected chi connectivity index (χ2v) is 7.52. The second-order valence-electron chi connectivity index (χ2n) is 6.37. The van der Waals surface area contributed by atoms with Gasteiger partial charge in [-0.3, -0.25) is 0 Å². The van der Waals surface area contributed by atoms with Crippen molar-refractivity contribution in [3.63, 3.8) is 0 Å². The summed E-state index contributed by atoms with van der Waals surface area (Å²) in [6.45, 7) is 2.00. The predicted octanol–water partition coefficient (Wildman–Crippen LogP) is 5.73. The highest BCUT2D eigenvalue weighted by Gasteiger charge is 2.16. The Labute approximate surface area is 168 Å². The first-order valence-electron chi connectivity index (χ1n) is 8.76. The maximum atomic E-state index is 13.8. The molecule has 0 amide bonds. The fraction of sp³-hybridized carbons (Fsp3) is 0.0455. The van der Waals surface area contributed by atoms with E-state index in [1.165, 1.54) is 12.3 Å². The lowest BCUT2D eigenvalue weighted by atomic mass is 9.98.